The van der Waals surface area contributed by atoms with Crippen LogP contribution in [0.4, 0.5) is 5.69 Å². The van der Waals surface area contributed by atoms with Crippen LogP contribution in [0.15, 0.2) is 42.7 Å². The fraction of sp³-hybridized carbons (Fsp3) is 0.235. The van der Waals surface area contributed by atoms with Crippen molar-refractivity contribution in [3.63, 3.8) is 0 Å². The van der Waals surface area contributed by atoms with Crippen molar-refractivity contribution < 1.29 is 0 Å². The molecule has 1 aromatic heterocycles. The van der Waals surface area contributed by atoms with E-state index in [0.717, 1.165) is 17.7 Å². The molecular formula is C17H13Cl3N2. The highest BCUT2D eigenvalue weighted by atomic mass is 35.5. The topological polar surface area (TPSA) is 24.9 Å². The van der Waals surface area contributed by atoms with Crippen LogP contribution in [0, 0.1) is 5.92 Å². The van der Waals surface area contributed by atoms with Crippen molar-refractivity contribution in [1.82, 2.24) is 4.98 Å². The molecule has 0 radical (unpaired) electrons. The van der Waals surface area contributed by atoms with Crippen LogP contribution in [0.5, 0.6) is 0 Å². The monoisotopic (exact) mass is 350 g/mol. The predicted octanol–water partition coefficient (Wildman–Crippen LogP) is 5.87. The van der Waals surface area contributed by atoms with Crippen LogP contribution in [-0.4, -0.2) is 4.98 Å². The maximum absolute atomic E-state index is 6.47. The summed E-state index contributed by atoms with van der Waals surface area (Å²) in [6, 6.07) is 5.98. The zero-order valence-corrected chi connectivity index (χ0v) is 13.8. The van der Waals surface area contributed by atoms with Gasteiger partial charge in [0.1, 0.15) is 0 Å². The van der Waals surface area contributed by atoms with Crippen LogP contribution in [0.3, 0.4) is 0 Å². The largest absolute Gasteiger partial charge is 0.376 e. The predicted molar refractivity (Wildman–Crippen MR) is 92.1 cm³/mol. The molecule has 0 saturated heterocycles. The Labute approximate surface area is 144 Å². The Balaban J connectivity index is 1.88. The summed E-state index contributed by atoms with van der Waals surface area (Å²) in [5, 5.41) is 5.30. The lowest BCUT2D eigenvalue weighted by molar-refractivity contribution is 0.425. The van der Waals surface area contributed by atoms with Gasteiger partial charge in [0, 0.05) is 23.9 Å². The molecule has 0 spiro atoms. The Morgan fingerprint density at radius 1 is 1.09 bits per heavy atom. The highest BCUT2D eigenvalue weighted by Crippen LogP contribution is 2.54. The summed E-state index contributed by atoms with van der Waals surface area (Å²) in [7, 11) is 0. The van der Waals surface area contributed by atoms with Crippen LogP contribution >= 0.6 is 34.8 Å². The van der Waals surface area contributed by atoms with Crippen molar-refractivity contribution in [2.75, 3.05) is 5.32 Å². The van der Waals surface area contributed by atoms with Crippen LogP contribution in [0.1, 0.15) is 29.5 Å². The number of allylic oxidation sites excluding steroid dienone is 2. The van der Waals surface area contributed by atoms with Gasteiger partial charge in [0.15, 0.2) is 0 Å². The van der Waals surface area contributed by atoms with E-state index in [2.05, 4.69) is 22.5 Å². The first-order valence-electron chi connectivity index (χ1n) is 7.17. The molecule has 22 heavy (non-hydrogen) atoms. The van der Waals surface area contributed by atoms with Gasteiger partial charge in [0.05, 0.1) is 26.8 Å². The third-order valence-electron chi connectivity index (χ3n) is 4.55. The number of hydrogen-bond donors (Lipinski definition) is 1. The lowest BCUT2D eigenvalue weighted by Crippen LogP contribution is -2.29. The molecule has 1 aliphatic heterocycles. The van der Waals surface area contributed by atoms with Crippen LogP contribution in [0.25, 0.3) is 0 Å². The third kappa shape index (κ3) is 2.13. The zero-order valence-electron chi connectivity index (χ0n) is 11.6. The maximum atomic E-state index is 6.47. The fourth-order valence-corrected chi connectivity index (χ4v) is 4.37. The quantitative estimate of drug-likeness (QED) is 0.513. The molecule has 0 bridgehead atoms. The van der Waals surface area contributed by atoms with Crippen molar-refractivity contribution in [3.05, 3.63) is 68.9 Å². The number of pyridine rings is 1. The first kappa shape index (κ1) is 14.4. The highest BCUT2D eigenvalue weighted by molar-refractivity contribution is 6.44. The molecule has 0 unspecified atom stereocenters. The Bertz CT molecular complexity index is 758. The van der Waals surface area contributed by atoms with E-state index in [1.165, 1.54) is 5.56 Å². The van der Waals surface area contributed by atoms with Crippen molar-refractivity contribution in [2.24, 2.45) is 5.92 Å². The van der Waals surface area contributed by atoms with Gasteiger partial charge in [-0.2, -0.15) is 0 Å². The Hall–Kier alpha value is -1.22. The molecule has 112 valence electrons. The number of aromatic nitrogens is 1. The molecule has 0 saturated carbocycles. The van der Waals surface area contributed by atoms with E-state index in [1.54, 1.807) is 6.07 Å². The minimum atomic E-state index is 0.185. The SMILES string of the molecule is Clc1cc(Cl)c2c(c1Cl)[C@@H]1C=CC[C@@H]1[C@H](c1ccncc1)N2. The van der Waals surface area contributed by atoms with Crippen molar-refractivity contribution in [1.29, 1.82) is 0 Å². The molecule has 3 atom stereocenters. The Morgan fingerprint density at radius 3 is 2.64 bits per heavy atom. The number of nitrogens with one attached hydrogen (secondary N) is 1. The number of halogens is 3. The van der Waals surface area contributed by atoms with Gasteiger partial charge in [0.2, 0.25) is 0 Å². The molecule has 1 N–H and O–H groups in total. The van der Waals surface area contributed by atoms with E-state index >= 15 is 0 Å². The van der Waals surface area contributed by atoms with Gasteiger partial charge in [-0.15, -0.1) is 0 Å². The summed E-state index contributed by atoms with van der Waals surface area (Å²) < 4.78 is 0. The van der Waals surface area contributed by atoms with E-state index in [9.17, 15) is 0 Å². The average molecular weight is 352 g/mol. The fourth-order valence-electron chi connectivity index (χ4n) is 3.56. The van der Waals surface area contributed by atoms with Crippen LogP contribution in [-0.2, 0) is 0 Å². The number of fused-ring (bicyclic) bond motifs is 3. The molecule has 0 amide bonds. The smallest absolute Gasteiger partial charge is 0.0656 e. The second kappa shape index (κ2) is 5.45. The minimum Gasteiger partial charge on any atom is -0.376 e. The summed E-state index contributed by atoms with van der Waals surface area (Å²) in [4.78, 5) is 4.11. The first-order chi connectivity index (χ1) is 10.7. The van der Waals surface area contributed by atoms with E-state index in [4.69, 9.17) is 34.8 Å². The lowest BCUT2D eigenvalue weighted by atomic mass is 9.77. The summed E-state index contributed by atoms with van der Waals surface area (Å²) in [5.41, 5.74) is 3.12. The van der Waals surface area contributed by atoms with Gasteiger partial charge < -0.3 is 5.32 Å². The zero-order chi connectivity index (χ0) is 15.3. The molecule has 4 rings (SSSR count). The standard InChI is InChI=1S/C17H13Cl3N2/c18-12-8-13(19)17-14(15(12)20)10-2-1-3-11(10)16(22-17)9-4-6-21-7-5-9/h1-2,4-8,10-11,16,22H,3H2/t10-,11+,16+/m1/s1. The summed E-state index contributed by atoms with van der Waals surface area (Å²) in [6.07, 6.45) is 9.08. The number of rotatable bonds is 1. The number of hydrogen-bond acceptors (Lipinski definition) is 2. The number of nitrogens with zero attached hydrogens (tertiary/aromatic N) is 1. The second-order valence-corrected chi connectivity index (χ2v) is 6.89. The van der Waals surface area contributed by atoms with Crippen molar-refractivity contribution in [2.45, 2.75) is 18.4 Å². The normalized spacial score (nSPS) is 25.5. The first-order valence-corrected chi connectivity index (χ1v) is 8.30. The van der Waals surface area contributed by atoms with Gasteiger partial charge in [-0.3, -0.25) is 4.98 Å². The van der Waals surface area contributed by atoms with Gasteiger partial charge in [-0.25, -0.2) is 0 Å². The third-order valence-corrected chi connectivity index (χ3v) is 5.65. The van der Waals surface area contributed by atoms with Crippen LogP contribution in [0.2, 0.25) is 15.1 Å². The highest BCUT2D eigenvalue weighted by Gasteiger charge is 2.40. The van der Waals surface area contributed by atoms with Crippen LogP contribution < -0.4 is 5.32 Å². The molecule has 2 aromatic rings. The van der Waals surface area contributed by atoms with E-state index < -0.39 is 0 Å². The minimum absolute atomic E-state index is 0.185. The molecular weight excluding hydrogens is 339 g/mol. The van der Waals surface area contributed by atoms with E-state index in [-0.39, 0.29) is 12.0 Å². The summed E-state index contributed by atoms with van der Waals surface area (Å²) in [5.74, 6) is 0.639. The molecule has 2 nitrogen and oxygen atoms in total. The molecule has 1 aromatic carbocycles. The molecule has 2 heterocycles. The number of benzene rings is 1. The average Bonchev–Trinajstić information content (AvgIpc) is 3.01. The van der Waals surface area contributed by atoms with Crippen molar-refractivity contribution >= 4 is 40.5 Å². The molecule has 1 aliphatic carbocycles. The van der Waals surface area contributed by atoms with Gasteiger partial charge in [-0.1, -0.05) is 47.0 Å². The van der Waals surface area contributed by atoms with Gasteiger partial charge in [0.25, 0.3) is 0 Å². The van der Waals surface area contributed by atoms with Gasteiger partial charge in [-0.05, 0) is 36.1 Å². The van der Waals surface area contributed by atoms with E-state index in [1.807, 2.05) is 24.5 Å². The van der Waals surface area contributed by atoms with Gasteiger partial charge >= 0.3 is 0 Å². The Kier molecular flexibility index (Phi) is 3.56. The van der Waals surface area contributed by atoms with E-state index in [0.29, 0.717) is 21.0 Å². The maximum Gasteiger partial charge on any atom is 0.0656 e. The Morgan fingerprint density at radius 2 is 1.86 bits per heavy atom. The molecule has 0 fully saturated rings. The summed E-state index contributed by atoms with van der Waals surface area (Å²) in [6.45, 7) is 0. The molecule has 2 aliphatic rings. The number of anilines is 1. The molecule has 5 heteroatoms. The lowest BCUT2D eigenvalue weighted by Gasteiger charge is -2.38. The summed E-state index contributed by atoms with van der Waals surface area (Å²) >= 11 is 19.1. The van der Waals surface area contributed by atoms with Crippen molar-refractivity contribution in [3.8, 4) is 0 Å². The second-order valence-electron chi connectivity index (χ2n) is 5.70.